The molecule has 1 amide bonds. The van der Waals surface area contributed by atoms with Gasteiger partial charge in [-0.25, -0.2) is 14.3 Å². The van der Waals surface area contributed by atoms with Crippen LogP contribution in [0.5, 0.6) is 11.5 Å². The Morgan fingerprint density at radius 2 is 1.81 bits per heavy atom. The third kappa shape index (κ3) is 3.95. The molecule has 1 aliphatic heterocycles. The summed E-state index contributed by atoms with van der Waals surface area (Å²) in [6, 6.07) is 10.5. The number of para-hydroxylation sites is 2. The van der Waals surface area contributed by atoms with Crippen LogP contribution in [0.1, 0.15) is 38.6 Å². The lowest BCUT2D eigenvalue weighted by Gasteiger charge is -2.34. The molecule has 2 atom stereocenters. The fraction of sp³-hybridized carbons (Fsp3) is 0.409. The van der Waals surface area contributed by atoms with E-state index in [0.717, 1.165) is 25.7 Å². The average Bonchev–Trinajstić information content (AvgIpc) is 3.34. The second-order valence-corrected chi connectivity index (χ2v) is 8.14. The number of amides is 1. The summed E-state index contributed by atoms with van der Waals surface area (Å²) in [5.41, 5.74) is -0.151. The predicted molar refractivity (Wildman–Crippen MR) is 114 cm³/mol. The monoisotopic (exact) mass is 436 g/mol. The Hall–Kier alpha value is -3.69. The minimum absolute atomic E-state index is 0.0147. The van der Waals surface area contributed by atoms with Crippen LogP contribution < -0.4 is 20.3 Å². The molecule has 10 heteroatoms. The topological polar surface area (TPSA) is 113 Å². The van der Waals surface area contributed by atoms with E-state index in [0.29, 0.717) is 17.3 Å². The van der Waals surface area contributed by atoms with Gasteiger partial charge in [0.15, 0.2) is 17.3 Å². The van der Waals surface area contributed by atoms with Crippen LogP contribution in [-0.2, 0) is 4.79 Å². The minimum atomic E-state index is -0.703. The van der Waals surface area contributed by atoms with Gasteiger partial charge in [-0.3, -0.25) is 9.59 Å². The number of benzene rings is 1. The van der Waals surface area contributed by atoms with Gasteiger partial charge in [0.2, 0.25) is 6.10 Å². The van der Waals surface area contributed by atoms with Crippen molar-refractivity contribution in [3.8, 4) is 17.3 Å². The quantitative estimate of drug-likeness (QED) is 0.662. The Kier molecular flexibility index (Phi) is 5.34. The number of carbonyl (C=O) groups excluding carboxylic acids is 1. The van der Waals surface area contributed by atoms with Crippen LogP contribution in [0.4, 0.5) is 0 Å². The first-order chi connectivity index (χ1) is 15.6. The number of hydrogen-bond donors (Lipinski definition) is 1. The van der Waals surface area contributed by atoms with Crippen LogP contribution in [0.3, 0.4) is 0 Å². The van der Waals surface area contributed by atoms with Crippen molar-refractivity contribution in [1.82, 2.24) is 29.9 Å². The van der Waals surface area contributed by atoms with E-state index < -0.39 is 6.10 Å². The minimum Gasteiger partial charge on any atom is -0.482 e. The van der Waals surface area contributed by atoms with Crippen molar-refractivity contribution in [3.05, 3.63) is 59.4 Å². The van der Waals surface area contributed by atoms with Crippen molar-refractivity contribution < 1.29 is 14.3 Å². The molecule has 166 valence electrons. The summed E-state index contributed by atoms with van der Waals surface area (Å²) in [5, 5.41) is 11.6. The molecule has 32 heavy (non-hydrogen) atoms. The molecule has 3 heterocycles. The van der Waals surface area contributed by atoms with Crippen LogP contribution in [0, 0.1) is 0 Å². The third-order valence-electron chi connectivity index (χ3n) is 5.95. The highest BCUT2D eigenvalue weighted by atomic mass is 16.6. The van der Waals surface area contributed by atoms with E-state index in [9.17, 15) is 9.59 Å². The zero-order chi connectivity index (χ0) is 22.1. The molecule has 1 fully saturated rings. The van der Waals surface area contributed by atoms with Gasteiger partial charge in [0.05, 0.1) is 6.04 Å². The third-order valence-corrected chi connectivity index (χ3v) is 5.95. The van der Waals surface area contributed by atoms with Gasteiger partial charge in [-0.1, -0.05) is 12.1 Å². The first kappa shape index (κ1) is 20.2. The van der Waals surface area contributed by atoms with E-state index in [-0.39, 0.29) is 29.7 Å². The summed E-state index contributed by atoms with van der Waals surface area (Å²) in [4.78, 5) is 29.2. The molecule has 2 unspecified atom stereocenters. The molecule has 1 N–H and O–H groups in total. The molecule has 2 aromatic heterocycles. The smallest absolute Gasteiger partial charge is 0.267 e. The zero-order valence-corrected chi connectivity index (χ0v) is 17.6. The largest absolute Gasteiger partial charge is 0.482 e. The summed E-state index contributed by atoms with van der Waals surface area (Å²) < 4.78 is 14.8. The second kappa shape index (κ2) is 8.45. The molecule has 0 spiro atoms. The van der Waals surface area contributed by atoms with Gasteiger partial charge in [-0.05, 0) is 50.8 Å². The van der Waals surface area contributed by atoms with Crippen molar-refractivity contribution in [3.63, 3.8) is 0 Å². The van der Waals surface area contributed by atoms with Gasteiger partial charge in [0, 0.05) is 12.1 Å². The maximum absolute atomic E-state index is 12.9. The number of nitrogens with one attached hydrogen (secondary N) is 1. The van der Waals surface area contributed by atoms with Crippen LogP contribution in [0.25, 0.3) is 5.82 Å². The predicted octanol–water partition coefficient (Wildman–Crippen LogP) is 1.65. The Morgan fingerprint density at radius 1 is 1.06 bits per heavy atom. The highest BCUT2D eigenvalue weighted by molar-refractivity contribution is 5.82. The first-order valence-corrected chi connectivity index (χ1v) is 10.8. The van der Waals surface area contributed by atoms with Gasteiger partial charge in [-0.15, -0.1) is 5.10 Å². The summed E-state index contributed by atoms with van der Waals surface area (Å²) >= 11 is 0. The van der Waals surface area contributed by atoms with E-state index in [1.807, 2.05) is 25.1 Å². The van der Waals surface area contributed by atoms with Crippen LogP contribution in [0.15, 0.2) is 53.8 Å². The Labute approximate surface area is 184 Å². The number of carbonyl (C=O) groups is 1. The van der Waals surface area contributed by atoms with Crippen LogP contribution in [-0.4, -0.2) is 48.7 Å². The highest BCUT2D eigenvalue weighted by Gasteiger charge is 2.35. The van der Waals surface area contributed by atoms with Crippen LogP contribution >= 0.6 is 0 Å². The second-order valence-electron chi connectivity index (χ2n) is 8.14. The lowest BCUT2D eigenvalue weighted by molar-refractivity contribution is -0.134. The molecule has 1 aromatic carbocycles. The number of aromatic nitrogens is 5. The number of nitrogens with zero attached hydrogens (tertiary/aromatic N) is 5. The van der Waals surface area contributed by atoms with Crippen molar-refractivity contribution in [2.24, 2.45) is 0 Å². The molecule has 0 bridgehead atoms. The number of hydrogen-bond acceptors (Lipinski definition) is 7. The highest BCUT2D eigenvalue weighted by Crippen LogP contribution is 2.34. The van der Waals surface area contributed by atoms with Gasteiger partial charge in [0.1, 0.15) is 18.8 Å². The SMILES string of the molecule is CC1Oc2ccccc2OC1C(=O)NC1CCC(n2nc(-n3cncn3)ccc2=O)CC1. The fourth-order valence-corrected chi connectivity index (χ4v) is 4.28. The van der Waals surface area contributed by atoms with Crippen molar-refractivity contribution in [1.29, 1.82) is 0 Å². The average molecular weight is 436 g/mol. The number of fused-ring (bicyclic) bond motifs is 1. The zero-order valence-electron chi connectivity index (χ0n) is 17.6. The lowest BCUT2D eigenvalue weighted by Crippen LogP contribution is -2.52. The molecule has 5 rings (SSSR count). The van der Waals surface area contributed by atoms with Crippen molar-refractivity contribution in [2.75, 3.05) is 0 Å². The van der Waals surface area contributed by atoms with Gasteiger partial charge < -0.3 is 14.8 Å². The maximum atomic E-state index is 12.9. The van der Waals surface area contributed by atoms with E-state index in [1.165, 1.54) is 21.8 Å². The Bertz CT molecular complexity index is 1150. The van der Waals surface area contributed by atoms with E-state index in [1.54, 1.807) is 18.5 Å². The summed E-state index contributed by atoms with van der Waals surface area (Å²) in [6.45, 7) is 1.83. The first-order valence-electron chi connectivity index (χ1n) is 10.8. The normalized spacial score (nSPS) is 24.7. The Morgan fingerprint density at radius 3 is 2.53 bits per heavy atom. The van der Waals surface area contributed by atoms with E-state index in [4.69, 9.17) is 9.47 Å². The van der Waals surface area contributed by atoms with Crippen LogP contribution in [0.2, 0.25) is 0 Å². The van der Waals surface area contributed by atoms with E-state index in [2.05, 4.69) is 20.5 Å². The van der Waals surface area contributed by atoms with E-state index >= 15 is 0 Å². The number of rotatable bonds is 4. The summed E-state index contributed by atoms with van der Waals surface area (Å²) in [7, 11) is 0. The van der Waals surface area contributed by atoms with Gasteiger partial charge >= 0.3 is 0 Å². The molecule has 0 radical (unpaired) electrons. The maximum Gasteiger partial charge on any atom is 0.267 e. The Balaban J connectivity index is 1.21. The molecule has 0 saturated heterocycles. The van der Waals surface area contributed by atoms with Gasteiger partial charge in [0.25, 0.3) is 11.5 Å². The molecule has 1 aliphatic carbocycles. The molecule has 2 aliphatic rings. The standard InChI is InChI=1S/C22H24N6O4/c1-14-21(32-18-5-3-2-4-17(18)31-14)22(30)25-15-6-8-16(9-7-15)28-20(29)11-10-19(26-28)27-13-23-12-24-27/h2-5,10-16,21H,6-9H2,1H3,(H,25,30). The molecular formula is C22H24N6O4. The van der Waals surface area contributed by atoms with Gasteiger partial charge in [-0.2, -0.15) is 5.10 Å². The van der Waals surface area contributed by atoms with Crippen molar-refractivity contribution in [2.45, 2.75) is 56.9 Å². The molecule has 3 aromatic rings. The molecule has 1 saturated carbocycles. The van der Waals surface area contributed by atoms with Crippen molar-refractivity contribution >= 4 is 5.91 Å². The summed E-state index contributed by atoms with van der Waals surface area (Å²) in [6.07, 6.45) is 4.84. The fourth-order valence-electron chi connectivity index (χ4n) is 4.28. The molecule has 10 nitrogen and oxygen atoms in total. The molecular weight excluding hydrogens is 412 g/mol. The number of ether oxygens (including phenoxy) is 2. The summed E-state index contributed by atoms with van der Waals surface area (Å²) in [5.74, 6) is 1.59. The lowest BCUT2D eigenvalue weighted by atomic mass is 9.91.